The third-order valence-electron chi connectivity index (χ3n) is 5.61. The molecular weight excluding hydrogens is 524 g/mol. The van der Waals surface area contributed by atoms with E-state index in [-0.39, 0.29) is 6.61 Å². The Morgan fingerprint density at radius 2 is 1.66 bits per heavy atom. The lowest BCUT2D eigenvalue weighted by atomic mass is 10.1. The van der Waals surface area contributed by atoms with Gasteiger partial charge in [0.2, 0.25) is 0 Å². The van der Waals surface area contributed by atoms with Gasteiger partial charge >= 0.3 is 5.97 Å². The van der Waals surface area contributed by atoms with Gasteiger partial charge in [0.05, 0.1) is 18.3 Å². The molecule has 1 heterocycles. The number of methoxy groups -OCH3 is 1. The summed E-state index contributed by atoms with van der Waals surface area (Å²) in [6, 6.07) is 25.7. The van der Waals surface area contributed by atoms with E-state index in [4.69, 9.17) is 25.8 Å². The minimum Gasteiger partial charge on any atom is -0.497 e. The molecule has 0 radical (unpaired) electrons. The third kappa shape index (κ3) is 5.77. The normalized spacial score (nSPS) is 11.1. The van der Waals surface area contributed by atoms with Gasteiger partial charge in [-0.2, -0.15) is 5.10 Å². The third-order valence-corrected chi connectivity index (χ3v) is 7.24. The number of carbonyl (C=O) groups is 2. The highest BCUT2D eigenvalue weighted by Crippen LogP contribution is 2.37. The van der Waals surface area contributed by atoms with Gasteiger partial charge in [-0.3, -0.25) is 4.79 Å². The molecule has 0 atom stereocenters. The van der Waals surface area contributed by atoms with E-state index in [9.17, 15) is 9.59 Å². The molecule has 0 aliphatic heterocycles. The highest BCUT2D eigenvalue weighted by Gasteiger charge is 2.19. The van der Waals surface area contributed by atoms with Crippen LogP contribution in [0.3, 0.4) is 0 Å². The number of hydrogen-bond donors (Lipinski definition) is 1. The van der Waals surface area contributed by atoms with Crippen molar-refractivity contribution in [1.29, 1.82) is 0 Å². The van der Waals surface area contributed by atoms with Gasteiger partial charge in [-0.15, -0.1) is 11.3 Å². The van der Waals surface area contributed by atoms with Crippen LogP contribution >= 0.6 is 22.9 Å². The van der Waals surface area contributed by atoms with Gasteiger partial charge in [-0.05, 0) is 70.9 Å². The van der Waals surface area contributed by atoms with Crippen LogP contribution in [0.2, 0.25) is 5.02 Å². The average molecular weight is 545 g/mol. The first-order chi connectivity index (χ1) is 18.5. The van der Waals surface area contributed by atoms with E-state index in [1.807, 2.05) is 54.6 Å². The van der Waals surface area contributed by atoms with E-state index >= 15 is 0 Å². The van der Waals surface area contributed by atoms with Crippen molar-refractivity contribution in [1.82, 2.24) is 5.43 Å². The molecule has 9 heteroatoms. The van der Waals surface area contributed by atoms with Gasteiger partial charge in [0.15, 0.2) is 6.61 Å². The maximum Gasteiger partial charge on any atom is 0.355 e. The minimum atomic E-state index is -0.546. The predicted molar refractivity (Wildman–Crippen MR) is 150 cm³/mol. The number of fused-ring (bicyclic) bond motifs is 2. The van der Waals surface area contributed by atoms with Crippen LogP contribution in [0.1, 0.15) is 15.2 Å². The Labute approximate surface area is 227 Å². The van der Waals surface area contributed by atoms with Crippen molar-refractivity contribution in [2.24, 2.45) is 5.10 Å². The number of hydrogen-bond acceptors (Lipinski definition) is 7. The Kier molecular flexibility index (Phi) is 7.53. The fraction of sp³-hybridized carbons (Fsp3) is 0.0690. The first kappa shape index (κ1) is 25.3. The van der Waals surface area contributed by atoms with Crippen molar-refractivity contribution in [3.05, 3.63) is 100 Å². The Morgan fingerprint density at radius 1 is 0.921 bits per heavy atom. The minimum absolute atomic E-state index is 0.169. The van der Waals surface area contributed by atoms with Crippen LogP contribution in [0, 0.1) is 0 Å². The van der Waals surface area contributed by atoms with Crippen LogP contribution in [-0.2, 0) is 4.79 Å². The molecule has 0 saturated carbocycles. The molecule has 0 bridgehead atoms. The highest BCUT2D eigenvalue weighted by molar-refractivity contribution is 7.21. The van der Waals surface area contributed by atoms with E-state index in [2.05, 4.69) is 10.5 Å². The molecule has 0 aliphatic carbocycles. The fourth-order valence-corrected chi connectivity index (χ4v) is 5.11. The lowest BCUT2D eigenvalue weighted by molar-refractivity contribution is -0.123. The van der Waals surface area contributed by atoms with Gasteiger partial charge < -0.3 is 14.2 Å². The van der Waals surface area contributed by atoms with Crippen LogP contribution in [0.25, 0.3) is 20.9 Å². The molecule has 0 saturated heterocycles. The Bertz CT molecular complexity index is 1660. The van der Waals surface area contributed by atoms with Crippen LogP contribution < -0.4 is 19.6 Å². The smallest absolute Gasteiger partial charge is 0.355 e. The van der Waals surface area contributed by atoms with E-state index in [0.29, 0.717) is 32.7 Å². The number of benzene rings is 4. The van der Waals surface area contributed by atoms with Gasteiger partial charge in [0.25, 0.3) is 5.91 Å². The van der Waals surface area contributed by atoms with Crippen molar-refractivity contribution in [3.63, 3.8) is 0 Å². The monoisotopic (exact) mass is 544 g/mol. The second-order valence-corrected chi connectivity index (χ2v) is 9.59. The number of halogens is 1. The van der Waals surface area contributed by atoms with Crippen molar-refractivity contribution in [2.75, 3.05) is 13.7 Å². The standard InChI is InChI=1S/C29H21ClN2O5S/c1-35-22-12-13-24-25(15-22)38-28(27(24)30)29(34)37-21-9-6-18(7-10-21)16-31-32-26(33)17-36-23-11-8-19-4-2-3-5-20(19)14-23/h2-16H,17H2,1H3,(H,32,33)/b31-16-. The summed E-state index contributed by atoms with van der Waals surface area (Å²) in [4.78, 5) is 25.1. The number of amides is 1. The Morgan fingerprint density at radius 3 is 2.45 bits per heavy atom. The summed E-state index contributed by atoms with van der Waals surface area (Å²) in [5.41, 5.74) is 3.13. The predicted octanol–water partition coefficient (Wildman–Crippen LogP) is 6.46. The number of ether oxygens (including phenoxy) is 3. The maximum atomic E-state index is 12.7. The SMILES string of the molecule is COc1ccc2c(Cl)c(C(=O)Oc3ccc(/C=N\NC(=O)COc4ccc5ccccc5c4)cc3)sc2c1. The Balaban J connectivity index is 1.13. The lowest BCUT2D eigenvalue weighted by Crippen LogP contribution is -2.24. The zero-order valence-corrected chi connectivity index (χ0v) is 21.7. The molecule has 5 aromatic rings. The lowest BCUT2D eigenvalue weighted by Gasteiger charge is -2.06. The molecule has 5 rings (SSSR count). The second-order valence-electron chi connectivity index (χ2n) is 8.16. The second kappa shape index (κ2) is 11.3. The summed E-state index contributed by atoms with van der Waals surface area (Å²) in [5, 5.41) is 7.20. The van der Waals surface area contributed by atoms with Crippen molar-refractivity contribution >= 4 is 61.9 Å². The molecule has 1 aromatic heterocycles. The van der Waals surface area contributed by atoms with Crippen LogP contribution in [0.15, 0.2) is 90.0 Å². The first-order valence-electron chi connectivity index (χ1n) is 11.5. The summed E-state index contributed by atoms with van der Waals surface area (Å²) in [5.74, 6) is 0.699. The van der Waals surface area contributed by atoms with Crippen LogP contribution in [-0.4, -0.2) is 31.8 Å². The summed E-state index contributed by atoms with van der Waals surface area (Å²) in [7, 11) is 1.58. The van der Waals surface area contributed by atoms with E-state index in [1.165, 1.54) is 17.6 Å². The molecule has 1 amide bonds. The van der Waals surface area contributed by atoms with Gasteiger partial charge in [-0.25, -0.2) is 10.2 Å². The molecule has 0 aliphatic rings. The van der Waals surface area contributed by atoms with Gasteiger partial charge in [-0.1, -0.05) is 41.9 Å². The number of esters is 1. The fourth-order valence-electron chi connectivity index (χ4n) is 3.70. The molecule has 0 unspecified atom stereocenters. The number of thiophene rings is 1. The Hall–Kier alpha value is -4.40. The molecule has 38 heavy (non-hydrogen) atoms. The summed E-state index contributed by atoms with van der Waals surface area (Å²) >= 11 is 7.65. The van der Waals surface area contributed by atoms with Crippen molar-refractivity contribution in [3.8, 4) is 17.2 Å². The topological polar surface area (TPSA) is 86.2 Å². The van der Waals surface area contributed by atoms with Gasteiger partial charge in [0, 0.05) is 10.1 Å². The molecule has 0 spiro atoms. The average Bonchev–Trinajstić information content (AvgIpc) is 3.28. The van der Waals surface area contributed by atoms with E-state index in [1.54, 1.807) is 37.4 Å². The number of nitrogens with one attached hydrogen (secondary N) is 1. The molecule has 190 valence electrons. The molecule has 1 N–H and O–H groups in total. The summed E-state index contributed by atoms with van der Waals surface area (Å²) < 4.78 is 17.1. The zero-order chi connectivity index (χ0) is 26.5. The van der Waals surface area contributed by atoms with E-state index in [0.717, 1.165) is 20.9 Å². The number of hydrazone groups is 1. The molecule has 4 aromatic carbocycles. The van der Waals surface area contributed by atoms with Crippen LogP contribution in [0.5, 0.6) is 17.2 Å². The number of rotatable bonds is 8. The highest BCUT2D eigenvalue weighted by atomic mass is 35.5. The number of nitrogens with zero attached hydrogens (tertiary/aromatic N) is 1. The van der Waals surface area contributed by atoms with Crippen LogP contribution in [0.4, 0.5) is 0 Å². The maximum absolute atomic E-state index is 12.7. The zero-order valence-electron chi connectivity index (χ0n) is 20.1. The van der Waals surface area contributed by atoms with Gasteiger partial charge in [0.1, 0.15) is 22.1 Å². The molecular formula is C29H21ClN2O5S. The first-order valence-corrected chi connectivity index (χ1v) is 12.7. The number of carbonyl (C=O) groups excluding carboxylic acids is 2. The molecule has 7 nitrogen and oxygen atoms in total. The summed E-state index contributed by atoms with van der Waals surface area (Å²) in [6.45, 7) is -0.169. The molecule has 0 fully saturated rings. The van der Waals surface area contributed by atoms with Crippen molar-refractivity contribution in [2.45, 2.75) is 0 Å². The largest absolute Gasteiger partial charge is 0.497 e. The van der Waals surface area contributed by atoms with Crippen molar-refractivity contribution < 1.29 is 23.8 Å². The quantitative estimate of drug-likeness (QED) is 0.105. The summed E-state index contributed by atoms with van der Waals surface area (Å²) in [6.07, 6.45) is 1.48. The van der Waals surface area contributed by atoms with E-state index < -0.39 is 11.9 Å².